The fourth-order valence-electron chi connectivity index (χ4n) is 4.00. The zero-order valence-corrected chi connectivity index (χ0v) is 22.4. The van der Waals surface area contributed by atoms with Crippen molar-refractivity contribution in [3.05, 3.63) is 41.5 Å². The summed E-state index contributed by atoms with van der Waals surface area (Å²) < 4.78 is 38.0. The Balaban J connectivity index is 2.27. The van der Waals surface area contributed by atoms with Gasteiger partial charge in [-0.25, -0.2) is 0 Å². The maximum atomic E-state index is 12.2. The van der Waals surface area contributed by atoms with Gasteiger partial charge in [-0.1, -0.05) is 6.07 Å². The van der Waals surface area contributed by atoms with Gasteiger partial charge in [0, 0.05) is 59.2 Å². The van der Waals surface area contributed by atoms with Crippen LogP contribution in [0.5, 0.6) is 28.7 Å². The van der Waals surface area contributed by atoms with Crippen LogP contribution in [-0.2, 0) is 38.2 Å². The number of carbonyl (C=O) groups is 6. The van der Waals surface area contributed by atoms with Crippen molar-refractivity contribution in [3.8, 4) is 28.7 Å². The van der Waals surface area contributed by atoms with E-state index in [4.69, 9.17) is 33.2 Å². The number of ether oxygens (including phenoxy) is 7. The molecule has 0 aromatic heterocycles. The van der Waals surface area contributed by atoms with Gasteiger partial charge in [-0.3, -0.25) is 28.8 Å². The van der Waals surface area contributed by atoms with Gasteiger partial charge in [-0.2, -0.15) is 0 Å². The smallest absolute Gasteiger partial charge is 0.308 e. The molecule has 0 unspecified atom stereocenters. The highest BCUT2D eigenvalue weighted by molar-refractivity contribution is 5.75. The average Bonchev–Trinajstić information content (AvgIpc) is 2.79. The zero-order chi connectivity index (χ0) is 29.7. The number of benzene rings is 2. The lowest BCUT2D eigenvalue weighted by atomic mass is 9.90. The molecule has 3 rings (SSSR count). The lowest BCUT2D eigenvalue weighted by molar-refractivity contribution is -0.178. The monoisotopic (exact) mass is 558 g/mol. The van der Waals surface area contributed by atoms with Crippen molar-refractivity contribution in [2.75, 3.05) is 0 Å². The first-order chi connectivity index (χ1) is 18.7. The van der Waals surface area contributed by atoms with Crippen LogP contribution in [-0.4, -0.2) is 41.9 Å². The molecule has 13 nitrogen and oxygen atoms in total. The number of hydrogen-bond donors (Lipinski definition) is 0. The van der Waals surface area contributed by atoms with Crippen molar-refractivity contribution < 1.29 is 61.9 Å². The minimum Gasteiger partial charge on any atom is -0.481 e. The lowest BCUT2D eigenvalue weighted by Crippen LogP contribution is -2.40. The second kappa shape index (κ2) is 12.3. The van der Waals surface area contributed by atoms with Gasteiger partial charge in [-0.15, -0.1) is 0 Å². The van der Waals surface area contributed by atoms with Crippen LogP contribution < -0.4 is 23.7 Å². The molecule has 2 aromatic carbocycles. The van der Waals surface area contributed by atoms with E-state index in [1.165, 1.54) is 30.3 Å². The molecule has 1 heterocycles. The van der Waals surface area contributed by atoms with Crippen LogP contribution in [0, 0.1) is 0 Å². The zero-order valence-electron chi connectivity index (χ0n) is 22.4. The fraction of sp³-hybridized carbons (Fsp3) is 0.333. The highest BCUT2D eigenvalue weighted by Crippen LogP contribution is 2.51. The van der Waals surface area contributed by atoms with Crippen LogP contribution in [0.2, 0.25) is 0 Å². The number of carbonyl (C=O) groups excluding carboxylic acids is 6. The van der Waals surface area contributed by atoms with Crippen molar-refractivity contribution in [1.29, 1.82) is 0 Å². The minimum absolute atomic E-state index is 0.0283. The van der Waals surface area contributed by atoms with Crippen molar-refractivity contribution >= 4 is 35.8 Å². The summed E-state index contributed by atoms with van der Waals surface area (Å²) in [5.41, 5.74) is 0.272. The Bertz CT molecular complexity index is 1380. The first kappa shape index (κ1) is 29.6. The van der Waals surface area contributed by atoms with E-state index in [1.54, 1.807) is 0 Å². The molecule has 0 N–H and O–H groups in total. The maximum absolute atomic E-state index is 12.2. The number of hydrogen-bond acceptors (Lipinski definition) is 13. The van der Waals surface area contributed by atoms with Gasteiger partial charge in [0.1, 0.15) is 17.2 Å². The summed E-state index contributed by atoms with van der Waals surface area (Å²) in [5.74, 6) is -4.82. The topological polar surface area (TPSA) is 167 Å². The first-order valence-corrected chi connectivity index (χ1v) is 11.8. The van der Waals surface area contributed by atoms with Gasteiger partial charge in [0.2, 0.25) is 0 Å². The second-order valence-corrected chi connectivity index (χ2v) is 8.56. The summed E-state index contributed by atoms with van der Waals surface area (Å²) in [6, 6.07) is 6.63. The summed E-state index contributed by atoms with van der Waals surface area (Å²) >= 11 is 0. The van der Waals surface area contributed by atoms with E-state index in [0.29, 0.717) is 0 Å². The molecule has 2 aromatic rings. The molecule has 0 spiro atoms. The molecule has 13 heteroatoms. The van der Waals surface area contributed by atoms with E-state index in [2.05, 4.69) is 0 Å². The molecule has 1 aliphatic rings. The van der Waals surface area contributed by atoms with Gasteiger partial charge in [0.15, 0.2) is 29.8 Å². The van der Waals surface area contributed by atoms with Gasteiger partial charge in [0.05, 0.1) is 5.56 Å². The Morgan fingerprint density at radius 3 is 1.70 bits per heavy atom. The molecule has 0 bridgehead atoms. The second-order valence-electron chi connectivity index (χ2n) is 8.56. The van der Waals surface area contributed by atoms with Crippen LogP contribution >= 0.6 is 0 Å². The standard InChI is InChI=1S/C27H26O13/c1-12(28)34-19-10-22(37-15(4)31)24-23(11-19)40-25(27(39-17(6)33)26(24)38-16(5)32)18-7-8-20(35-13(2)29)21(9-18)36-14(3)30/h7-11,25-27H,1-6H3/t25-,26-,27-/m1/s1. The average molecular weight is 558 g/mol. The molecular formula is C27H26O13. The predicted octanol–water partition coefficient (Wildman–Crippen LogP) is 3.06. The van der Waals surface area contributed by atoms with Crippen molar-refractivity contribution in [2.45, 2.75) is 59.9 Å². The number of fused-ring (bicyclic) bond motifs is 1. The van der Waals surface area contributed by atoms with Crippen LogP contribution in [0.4, 0.5) is 0 Å². The molecule has 1 aliphatic heterocycles. The van der Waals surface area contributed by atoms with Gasteiger partial charge in [-0.05, 0) is 12.1 Å². The quantitative estimate of drug-likeness (QED) is 0.359. The van der Waals surface area contributed by atoms with Crippen LogP contribution in [0.15, 0.2) is 30.3 Å². The Kier molecular flexibility index (Phi) is 9.09. The SMILES string of the molecule is CC(=O)Oc1cc(OC(C)=O)c2c(c1)O[C@H](c1ccc(OC(C)=O)c(OC(C)=O)c1)[C@@H](OC(C)=O)[C@@H]2OC(C)=O. The molecule has 3 atom stereocenters. The number of esters is 6. The number of rotatable bonds is 7. The molecule has 0 radical (unpaired) electrons. The Labute approximate surface area is 228 Å². The molecule has 40 heavy (non-hydrogen) atoms. The normalized spacial score (nSPS) is 17.3. The van der Waals surface area contributed by atoms with E-state index in [9.17, 15) is 28.8 Å². The third kappa shape index (κ3) is 7.34. The summed E-state index contributed by atoms with van der Waals surface area (Å²) in [4.78, 5) is 71.2. The largest absolute Gasteiger partial charge is 0.481 e. The third-order valence-electron chi connectivity index (χ3n) is 5.13. The van der Waals surface area contributed by atoms with Crippen LogP contribution in [0.3, 0.4) is 0 Å². The van der Waals surface area contributed by atoms with Crippen LogP contribution in [0.1, 0.15) is 64.9 Å². The molecule has 0 fully saturated rings. The van der Waals surface area contributed by atoms with Crippen LogP contribution in [0.25, 0.3) is 0 Å². The maximum Gasteiger partial charge on any atom is 0.308 e. The molecule has 0 aliphatic carbocycles. The fourth-order valence-corrected chi connectivity index (χ4v) is 4.00. The van der Waals surface area contributed by atoms with Gasteiger partial charge >= 0.3 is 35.8 Å². The summed E-state index contributed by atoms with van der Waals surface area (Å²) in [6.45, 7) is 6.84. The van der Waals surface area contributed by atoms with Crippen molar-refractivity contribution in [3.63, 3.8) is 0 Å². The lowest BCUT2D eigenvalue weighted by Gasteiger charge is -2.39. The predicted molar refractivity (Wildman–Crippen MR) is 132 cm³/mol. The molecule has 212 valence electrons. The summed E-state index contributed by atoms with van der Waals surface area (Å²) in [5, 5.41) is 0. The van der Waals surface area contributed by atoms with E-state index < -0.39 is 54.1 Å². The highest BCUT2D eigenvalue weighted by Gasteiger charge is 2.46. The Morgan fingerprint density at radius 1 is 0.600 bits per heavy atom. The Morgan fingerprint density at radius 2 is 1.15 bits per heavy atom. The van der Waals surface area contributed by atoms with E-state index in [1.807, 2.05) is 0 Å². The summed E-state index contributed by atoms with van der Waals surface area (Å²) in [6.07, 6.45) is -3.95. The van der Waals surface area contributed by atoms with Gasteiger partial charge in [0.25, 0.3) is 0 Å². The van der Waals surface area contributed by atoms with Crippen molar-refractivity contribution in [1.82, 2.24) is 0 Å². The van der Waals surface area contributed by atoms with E-state index >= 15 is 0 Å². The minimum atomic E-state index is -1.37. The molecule has 0 amide bonds. The summed E-state index contributed by atoms with van der Waals surface area (Å²) in [7, 11) is 0. The molecular weight excluding hydrogens is 532 g/mol. The first-order valence-electron chi connectivity index (χ1n) is 11.8. The molecule has 0 saturated carbocycles. The Hall–Kier alpha value is -4.94. The highest BCUT2D eigenvalue weighted by atomic mass is 16.6. The van der Waals surface area contributed by atoms with E-state index in [-0.39, 0.29) is 39.9 Å². The molecule has 0 saturated heterocycles. The van der Waals surface area contributed by atoms with E-state index in [0.717, 1.165) is 41.5 Å². The van der Waals surface area contributed by atoms with Crippen molar-refractivity contribution in [2.24, 2.45) is 0 Å². The van der Waals surface area contributed by atoms with Gasteiger partial charge < -0.3 is 33.2 Å². The third-order valence-corrected chi connectivity index (χ3v) is 5.13.